The summed E-state index contributed by atoms with van der Waals surface area (Å²) < 4.78 is 5.40. The Labute approximate surface area is 105 Å². The van der Waals surface area contributed by atoms with Crippen LogP contribution in [0.2, 0.25) is 0 Å². The number of nitrogens with two attached hydrogens (primary N) is 1. The van der Waals surface area contributed by atoms with Gasteiger partial charge in [-0.3, -0.25) is 15.1 Å². The molecule has 2 rings (SSSR count). The Bertz CT molecular complexity index is 373. The molecule has 17 heavy (non-hydrogen) atoms. The number of amides is 1. The van der Waals surface area contributed by atoms with Gasteiger partial charge >= 0.3 is 0 Å². The van der Waals surface area contributed by atoms with Crippen LogP contribution in [0, 0.1) is 0 Å². The van der Waals surface area contributed by atoms with Gasteiger partial charge < -0.3 is 4.74 Å². The number of rotatable bonds is 3. The number of nitrogens with one attached hydrogen (secondary N) is 1. The van der Waals surface area contributed by atoms with Crippen LogP contribution < -0.4 is 11.3 Å². The molecule has 0 aliphatic carbocycles. The Hall–Kier alpha value is -0.950. The van der Waals surface area contributed by atoms with Crippen LogP contribution in [0.1, 0.15) is 21.0 Å². The van der Waals surface area contributed by atoms with E-state index in [2.05, 4.69) is 10.3 Å². The second-order valence-corrected chi connectivity index (χ2v) is 5.15. The van der Waals surface area contributed by atoms with Crippen molar-refractivity contribution in [3.8, 4) is 0 Å². The molecule has 6 heteroatoms. The Balaban J connectivity index is 1.93. The molecule has 1 aromatic heterocycles. The first-order valence-corrected chi connectivity index (χ1v) is 6.51. The van der Waals surface area contributed by atoms with Crippen molar-refractivity contribution >= 4 is 17.2 Å². The van der Waals surface area contributed by atoms with E-state index < -0.39 is 0 Å². The van der Waals surface area contributed by atoms with Crippen LogP contribution >= 0.6 is 11.3 Å². The fourth-order valence-corrected chi connectivity index (χ4v) is 2.79. The minimum atomic E-state index is -0.222. The maximum atomic E-state index is 11.3. The standard InChI is InChI=1S/C11H17N3O2S/c12-13-11(15)10-3-2-9(17-10)8-14-4-1-6-16-7-5-14/h2-3H,1,4-8,12H2,(H,13,15). The number of hydrogen-bond donors (Lipinski definition) is 2. The van der Waals surface area contributed by atoms with E-state index in [-0.39, 0.29) is 5.91 Å². The van der Waals surface area contributed by atoms with Gasteiger partial charge in [-0.15, -0.1) is 11.3 Å². The first-order chi connectivity index (χ1) is 8.29. The first-order valence-electron chi connectivity index (χ1n) is 5.69. The van der Waals surface area contributed by atoms with Crippen molar-refractivity contribution in [2.24, 2.45) is 5.84 Å². The molecule has 0 aromatic carbocycles. The molecule has 0 bridgehead atoms. The number of nitrogen functional groups attached to an aromatic ring is 1. The van der Waals surface area contributed by atoms with Gasteiger partial charge in [0.1, 0.15) is 0 Å². The topological polar surface area (TPSA) is 67.6 Å². The molecule has 1 fully saturated rings. The average Bonchev–Trinajstić information content (AvgIpc) is 2.65. The quantitative estimate of drug-likeness (QED) is 0.471. The molecule has 1 aliphatic rings. The van der Waals surface area contributed by atoms with Crippen molar-refractivity contribution in [3.05, 3.63) is 21.9 Å². The molecule has 0 atom stereocenters. The molecule has 1 saturated heterocycles. The van der Waals surface area contributed by atoms with Crippen LogP contribution in [0.4, 0.5) is 0 Å². The monoisotopic (exact) mass is 255 g/mol. The van der Waals surface area contributed by atoms with E-state index >= 15 is 0 Å². The van der Waals surface area contributed by atoms with Crippen LogP contribution in [-0.2, 0) is 11.3 Å². The largest absolute Gasteiger partial charge is 0.380 e. The normalized spacial score (nSPS) is 17.7. The lowest BCUT2D eigenvalue weighted by Crippen LogP contribution is -2.29. The fourth-order valence-electron chi connectivity index (χ4n) is 1.83. The number of hydrazine groups is 1. The molecule has 1 aromatic rings. The zero-order valence-electron chi connectivity index (χ0n) is 9.65. The highest BCUT2D eigenvalue weighted by Crippen LogP contribution is 2.18. The third-order valence-corrected chi connectivity index (χ3v) is 3.78. The van der Waals surface area contributed by atoms with Gasteiger partial charge in [-0.05, 0) is 18.6 Å². The van der Waals surface area contributed by atoms with Crippen molar-refractivity contribution in [1.82, 2.24) is 10.3 Å². The molecule has 0 spiro atoms. The van der Waals surface area contributed by atoms with E-state index in [1.165, 1.54) is 16.2 Å². The van der Waals surface area contributed by atoms with Gasteiger partial charge in [0, 0.05) is 31.1 Å². The number of carbonyl (C=O) groups is 1. The summed E-state index contributed by atoms with van der Waals surface area (Å²) in [7, 11) is 0. The zero-order chi connectivity index (χ0) is 12.1. The summed E-state index contributed by atoms with van der Waals surface area (Å²) in [6, 6.07) is 3.80. The van der Waals surface area contributed by atoms with Gasteiger partial charge in [-0.25, -0.2) is 5.84 Å². The van der Waals surface area contributed by atoms with Gasteiger partial charge in [-0.1, -0.05) is 0 Å². The molecular formula is C11H17N3O2S. The van der Waals surface area contributed by atoms with E-state index in [0.717, 1.165) is 39.3 Å². The van der Waals surface area contributed by atoms with Crippen molar-refractivity contribution in [1.29, 1.82) is 0 Å². The van der Waals surface area contributed by atoms with Crippen molar-refractivity contribution in [3.63, 3.8) is 0 Å². The molecule has 5 nitrogen and oxygen atoms in total. The van der Waals surface area contributed by atoms with Gasteiger partial charge in [0.25, 0.3) is 5.91 Å². The molecule has 0 saturated carbocycles. The number of thiophene rings is 1. The second-order valence-electron chi connectivity index (χ2n) is 3.98. The number of nitrogens with zero attached hydrogens (tertiary/aromatic N) is 1. The summed E-state index contributed by atoms with van der Waals surface area (Å²) >= 11 is 1.49. The van der Waals surface area contributed by atoms with E-state index in [9.17, 15) is 4.79 Å². The summed E-state index contributed by atoms with van der Waals surface area (Å²) in [5.41, 5.74) is 2.15. The van der Waals surface area contributed by atoms with Gasteiger partial charge in [0.05, 0.1) is 11.5 Å². The third kappa shape index (κ3) is 3.50. The van der Waals surface area contributed by atoms with E-state index in [0.29, 0.717) is 4.88 Å². The molecule has 1 amide bonds. The molecule has 3 N–H and O–H groups in total. The zero-order valence-corrected chi connectivity index (χ0v) is 10.5. The van der Waals surface area contributed by atoms with Crippen molar-refractivity contribution in [2.75, 3.05) is 26.3 Å². The lowest BCUT2D eigenvalue weighted by Gasteiger charge is -2.17. The summed E-state index contributed by atoms with van der Waals surface area (Å²) in [5, 5.41) is 0. The van der Waals surface area contributed by atoms with Crippen LogP contribution in [-0.4, -0.2) is 37.1 Å². The lowest BCUT2D eigenvalue weighted by molar-refractivity contribution is 0.0957. The molecule has 0 radical (unpaired) electrons. The Morgan fingerprint density at radius 1 is 1.47 bits per heavy atom. The van der Waals surface area contributed by atoms with Crippen LogP contribution in [0.3, 0.4) is 0 Å². The van der Waals surface area contributed by atoms with E-state index in [1.54, 1.807) is 0 Å². The summed E-state index contributed by atoms with van der Waals surface area (Å²) in [6.45, 7) is 4.53. The molecule has 2 heterocycles. The Kier molecular flexibility index (Phi) is 4.49. The van der Waals surface area contributed by atoms with E-state index in [1.807, 2.05) is 12.1 Å². The van der Waals surface area contributed by atoms with Crippen molar-refractivity contribution < 1.29 is 9.53 Å². The lowest BCUT2D eigenvalue weighted by atomic mass is 10.3. The van der Waals surface area contributed by atoms with Gasteiger partial charge in [0.2, 0.25) is 0 Å². The highest BCUT2D eigenvalue weighted by Gasteiger charge is 2.12. The molecule has 0 unspecified atom stereocenters. The van der Waals surface area contributed by atoms with Crippen LogP contribution in [0.15, 0.2) is 12.1 Å². The minimum absolute atomic E-state index is 0.222. The summed E-state index contributed by atoms with van der Waals surface area (Å²) in [6.07, 6.45) is 1.07. The predicted molar refractivity (Wildman–Crippen MR) is 66.7 cm³/mol. The maximum absolute atomic E-state index is 11.3. The number of carbonyl (C=O) groups excluding carboxylic acids is 1. The van der Waals surface area contributed by atoms with Crippen LogP contribution in [0.5, 0.6) is 0 Å². The highest BCUT2D eigenvalue weighted by atomic mass is 32.1. The average molecular weight is 255 g/mol. The van der Waals surface area contributed by atoms with Crippen LogP contribution in [0.25, 0.3) is 0 Å². The molecule has 94 valence electrons. The summed E-state index contributed by atoms with van der Waals surface area (Å²) in [4.78, 5) is 15.5. The van der Waals surface area contributed by atoms with Gasteiger partial charge in [0.15, 0.2) is 0 Å². The van der Waals surface area contributed by atoms with Gasteiger partial charge in [-0.2, -0.15) is 0 Å². The van der Waals surface area contributed by atoms with E-state index in [4.69, 9.17) is 10.6 Å². The molecular weight excluding hydrogens is 238 g/mol. The maximum Gasteiger partial charge on any atom is 0.275 e. The SMILES string of the molecule is NNC(=O)c1ccc(CN2CCCOCC2)s1. The summed E-state index contributed by atoms with van der Waals surface area (Å²) in [5.74, 6) is 4.88. The minimum Gasteiger partial charge on any atom is -0.380 e. The Morgan fingerprint density at radius 3 is 3.18 bits per heavy atom. The van der Waals surface area contributed by atoms with Crippen molar-refractivity contribution in [2.45, 2.75) is 13.0 Å². The third-order valence-electron chi connectivity index (χ3n) is 2.71. The second kappa shape index (κ2) is 6.11. The molecule has 1 aliphatic heterocycles. The number of ether oxygens (including phenoxy) is 1. The number of hydrogen-bond acceptors (Lipinski definition) is 5. The predicted octanol–water partition coefficient (Wildman–Crippen LogP) is 0.574. The first kappa shape index (κ1) is 12.5. The fraction of sp³-hybridized carbons (Fsp3) is 0.545. The Morgan fingerprint density at radius 2 is 2.35 bits per heavy atom. The smallest absolute Gasteiger partial charge is 0.275 e. The highest BCUT2D eigenvalue weighted by molar-refractivity contribution is 7.14.